The topological polar surface area (TPSA) is 76.2 Å². The van der Waals surface area contributed by atoms with Gasteiger partial charge in [-0.15, -0.1) is 0 Å². The van der Waals surface area contributed by atoms with Gasteiger partial charge in [0.05, 0.1) is 31.2 Å². The molecule has 0 bridgehead atoms. The first-order chi connectivity index (χ1) is 14.8. The number of methoxy groups -OCH3 is 2. The van der Waals surface area contributed by atoms with Gasteiger partial charge in [0.15, 0.2) is 0 Å². The van der Waals surface area contributed by atoms with Gasteiger partial charge >= 0.3 is 6.18 Å². The minimum Gasteiger partial charge on any atom is -0.497 e. The molecule has 1 aliphatic rings. The Bertz CT molecular complexity index is 1100. The van der Waals surface area contributed by atoms with Crippen molar-refractivity contribution in [3.8, 4) is 22.8 Å². The predicted octanol–water partition coefficient (Wildman–Crippen LogP) is 5.24. The van der Waals surface area contributed by atoms with Crippen molar-refractivity contribution in [3.63, 3.8) is 0 Å². The average Bonchev–Trinajstić information content (AvgIpc) is 3.53. The zero-order valence-electron chi connectivity index (χ0n) is 16.8. The highest BCUT2D eigenvalue weighted by molar-refractivity contribution is 6.06. The molecule has 0 aliphatic heterocycles. The largest absolute Gasteiger partial charge is 0.497 e. The van der Waals surface area contributed by atoms with Gasteiger partial charge in [0.2, 0.25) is 0 Å². The third-order valence-corrected chi connectivity index (χ3v) is 5.16. The minimum atomic E-state index is -4.46. The minimum absolute atomic E-state index is 0.114. The number of H-pyrrole nitrogens is 1. The summed E-state index contributed by atoms with van der Waals surface area (Å²) >= 11 is 0. The molecule has 2 aromatic carbocycles. The van der Waals surface area contributed by atoms with Crippen LogP contribution in [-0.2, 0) is 6.18 Å². The van der Waals surface area contributed by atoms with Crippen molar-refractivity contribution < 1.29 is 27.4 Å². The number of benzene rings is 2. The van der Waals surface area contributed by atoms with E-state index in [0.29, 0.717) is 28.4 Å². The van der Waals surface area contributed by atoms with Crippen molar-refractivity contribution in [2.75, 3.05) is 19.5 Å². The number of anilines is 1. The number of carbonyl (C=O) groups is 1. The van der Waals surface area contributed by atoms with Gasteiger partial charge in [-0.05, 0) is 49.2 Å². The number of amides is 1. The van der Waals surface area contributed by atoms with Gasteiger partial charge in [0, 0.05) is 23.1 Å². The first-order valence-electron chi connectivity index (χ1n) is 9.61. The highest BCUT2D eigenvalue weighted by Gasteiger charge is 2.32. The first kappa shape index (κ1) is 20.8. The van der Waals surface area contributed by atoms with Crippen LogP contribution in [0.25, 0.3) is 11.3 Å². The number of alkyl halides is 3. The van der Waals surface area contributed by atoms with Crippen molar-refractivity contribution in [2.45, 2.75) is 24.9 Å². The van der Waals surface area contributed by atoms with E-state index in [0.717, 1.165) is 42.8 Å². The van der Waals surface area contributed by atoms with Gasteiger partial charge in [-0.25, -0.2) is 0 Å². The SMILES string of the molecule is COc1ccc(-c2n[nH]c(C3CC3)c2NC(=O)c2ccc(C(F)(F)F)cc2)c(OC)c1. The van der Waals surface area contributed by atoms with Crippen LogP contribution < -0.4 is 14.8 Å². The number of aromatic nitrogens is 2. The van der Waals surface area contributed by atoms with Crippen LogP contribution in [0.15, 0.2) is 42.5 Å². The Morgan fingerprint density at radius 2 is 1.81 bits per heavy atom. The monoisotopic (exact) mass is 431 g/mol. The lowest BCUT2D eigenvalue weighted by atomic mass is 10.1. The zero-order chi connectivity index (χ0) is 22.2. The molecule has 0 spiro atoms. The van der Waals surface area contributed by atoms with E-state index in [1.807, 2.05) is 0 Å². The van der Waals surface area contributed by atoms with Crippen molar-refractivity contribution in [2.24, 2.45) is 0 Å². The lowest BCUT2D eigenvalue weighted by Gasteiger charge is -2.12. The summed E-state index contributed by atoms with van der Waals surface area (Å²) in [7, 11) is 3.07. The molecular formula is C22H20F3N3O3. The summed E-state index contributed by atoms with van der Waals surface area (Å²) in [5.41, 5.74) is 1.72. The first-order valence-corrected chi connectivity index (χ1v) is 9.61. The number of ether oxygens (including phenoxy) is 2. The molecule has 1 amide bonds. The third-order valence-electron chi connectivity index (χ3n) is 5.16. The molecular weight excluding hydrogens is 411 g/mol. The normalized spacial score (nSPS) is 13.7. The van der Waals surface area contributed by atoms with Crippen molar-refractivity contribution in [1.29, 1.82) is 0 Å². The molecule has 1 saturated carbocycles. The number of nitrogens with one attached hydrogen (secondary N) is 2. The molecule has 0 atom stereocenters. The lowest BCUT2D eigenvalue weighted by Crippen LogP contribution is -2.14. The van der Waals surface area contributed by atoms with Gasteiger partial charge < -0.3 is 14.8 Å². The molecule has 0 radical (unpaired) electrons. The summed E-state index contributed by atoms with van der Waals surface area (Å²) in [4.78, 5) is 12.8. The number of hydrogen-bond donors (Lipinski definition) is 2. The molecule has 3 aromatic rings. The van der Waals surface area contributed by atoms with E-state index in [-0.39, 0.29) is 11.5 Å². The number of nitrogens with zero attached hydrogens (tertiary/aromatic N) is 1. The number of carbonyl (C=O) groups excluding carboxylic acids is 1. The van der Waals surface area contributed by atoms with Crippen molar-refractivity contribution >= 4 is 11.6 Å². The molecule has 1 heterocycles. The van der Waals surface area contributed by atoms with Gasteiger partial charge in [-0.2, -0.15) is 18.3 Å². The van der Waals surface area contributed by atoms with Crippen LogP contribution in [0.4, 0.5) is 18.9 Å². The van der Waals surface area contributed by atoms with Crippen molar-refractivity contribution in [3.05, 3.63) is 59.3 Å². The fourth-order valence-electron chi connectivity index (χ4n) is 3.33. The summed E-state index contributed by atoms with van der Waals surface area (Å²) in [6, 6.07) is 9.33. The van der Waals surface area contributed by atoms with Crippen LogP contribution >= 0.6 is 0 Å². The van der Waals surface area contributed by atoms with Crippen molar-refractivity contribution in [1.82, 2.24) is 10.2 Å². The van der Waals surface area contributed by atoms with Crippen LogP contribution in [0.2, 0.25) is 0 Å². The van der Waals surface area contributed by atoms with E-state index in [4.69, 9.17) is 9.47 Å². The Morgan fingerprint density at radius 1 is 1.10 bits per heavy atom. The maximum absolute atomic E-state index is 12.8. The standard InChI is InChI=1S/C22H20F3N3O3/c1-30-15-9-10-16(17(11-15)31-2)19-20(18(27-28-19)12-3-4-12)26-21(29)13-5-7-14(8-6-13)22(23,24)25/h5-12H,3-4H2,1-2H3,(H,26,29)(H,27,28). The maximum Gasteiger partial charge on any atom is 0.416 e. The second kappa shape index (κ2) is 7.98. The van der Waals surface area contributed by atoms with Crippen LogP contribution in [0.3, 0.4) is 0 Å². The van der Waals surface area contributed by atoms with E-state index >= 15 is 0 Å². The fourth-order valence-corrected chi connectivity index (χ4v) is 3.33. The third kappa shape index (κ3) is 4.21. The quantitative estimate of drug-likeness (QED) is 0.560. The Labute approximate surface area is 176 Å². The summed E-state index contributed by atoms with van der Waals surface area (Å²) in [6.45, 7) is 0. The lowest BCUT2D eigenvalue weighted by molar-refractivity contribution is -0.137. The molecule has 1 aromatic heterocycles. The number of aromatic amines is 1. The summed E-state index contributed by atoms with van der Waals surface area (Å²) in [6.07, 6.45) is -2.54. The Kier molecular flexibility index (Phi) is 5.34. The van der Waals surface area contributed by atoms with E-state index in [1.54, 1.807) is 25.3 Å². The molecule has 1 fully saturated rings. The molecule has 0 saturated heterocycles. The Morgan fingerprint density at radius 3 is 2.39 bits per heavy atom. The predicted molar refractivity (Wildman–Crippen MR) is 108 cm³/mol. The highest BCUT2D eigenvalue weighted by Crippen LogP contribution is 2.46. The van der Waals surface area contributed by atoms with E-state index in [1.165, 1.54) is 7.11 Å². The molecule has 9 heteroatoms. The number of rotatable bonds is 6. The van der Waals surface area contributed by atoms with Crippen LogP contribution in [0.5, 0.6) is 11.5 Å². The molecule has 6 nitrogen and oxygen atoms in total. The second-order valence-corrected chi connectivity index (χ2v) is 7.23. The van der Waals surface area contributed by atoms with Gasteiger partial charge in [-0.1, -0.05) is 0 Å². The van der Waals surface area contributed by atoms with E-state index < -0.39 is 17.6 Å². The van der Waals surface area contributed by atoms with E-state index in [2.05, 4.69) is 15.5 Å². The number of halogens is 3. The number of hydrogen-bond acceptors (Lipinski definition) is 4. The average molecular weight is 431 g/mol. The van der Waals surface area contributed by atoms with Crippen LogP contribution in [-0.4, -0.2) is 30.3 Å². The molecule has 0 unspecified atom stereocenters. The van der Waals surface area contributed by atoms with Gasteiger partial charge in [0.1, 0.15) is 17.2 Å². The molecule has 31 heavy (non-hydrogen) atoms. The smallest absolute Gasteiger partial charge is 0.416 e. The molecule has 4 rings (SSSR count). The Hall–Kier alpha value is -3.49. The summed E-state index contributed by atoms with van der Waals surface area (Å²) < 4.78 is 49.1. The van der Waals surface area contributed by atoms with Gasteiger partial charge in [-0.3, -0.25) is 9.89 Å². The second-order valence-electron chi connectivity index (χ2n) is 7.23. The highest BCUT2D eigenvalue weighted by atomic mass is 19.4. The van der Waals surface area contributed by atoms with Crippen LogP contribution in [0, 0.1) is 0 Å². The fraction of sp³-hybridized carbons (Fsp3) is 0.273. The zero-order valence-corrected chi connectivity index (χ0v) is 16.8. The molecule has 1 aliphatic carbocycles. The molecule has 162 valence electrons. The summed E-state index contributed by atoms with van der Waals surface area (Å²) in [5, 5.41) is 10.2. The van der Waals surface area contributed by atoms with Gasteiger partial charge in [0.25, 0.3) is 5.91 Å². The van der Waals surface area contributed by atoms with Crippen LogP contribution in [0.1, 0.15) is 40.4 Å². The molecule has 2 N–H and O–H groups in total. The maximum atomic E-state index is 12.8. The Balaban J connectivity index is 1.69. The van der Waals surface area contributed by atoms with E-state index in [9.17, 15) is 18.0 Å². The summed E-state index contributed by atoms with van der Waals surface area (Å²) in [5.74, 6) is 0.839.